The topological polar surface area (TPSA) is 32.6 Å². The first kappa shape index (κ1) is 8.18. The minimum Gasteiger partial charge on any atom is -0.379 e. The molecule has 0 aromatic heterocycles. The summed E-state index contributed by atoms with van der Waals surface area (Å²) in [5.74, 6) is 0. The summed E-state index contributed by atoms with van der Waals surface area (Å²) in [6, 6.07) is 7.93. The van der Waals surface area contributed by atoms with Gasteiger partial charge in [0, 0.05) is 5.56 Å². The smallest absolute Gasteiger partial charge is 0.130 e. The summed E-state index contributed by atoms with van der Waals surface area (Å²) in [5, 5.41) is 10.5. The number of rotatable bonds is 0. The maximum atomic E-state index is 10.5. The Labute approximate surface area is 83.3 Å². The van der Waals surface area contributed by atoms with Crippen LogP contribution in [0.2, 0.25) is 0 Å². The maximum absolute atomic E-state index is 10.5. The molecule has 1 aliphatic carbocycles. The fourth-order valence-electron chi connectivity index (χ4n) is 2.53. The number of benzene rings is 1. The SMILES string of the molecule is O[C@]12CCCCC1=Nc1ccccc12. The Morgan fingerprint density at radius 2 is 2.07 bits per heavy atom. The lowest BCUT2D eigenvalue weighted by molar-refractivity contribution is 0.0919. The lowest BCUT2D eigenvalue weighted by Gasteiger charge is -2.30. The number of aliphatic hydroxyl groups is 1. The first-order chi connectivity index (χ1) is 6.81. The molecule has 3 rings (SSSR count). The van der Waals surface area contributed by atoms with Gasteiger partial charge in [-0.05, 0) is 31.7 Å². The van der Waals surface area contributed by atoms with Crippen LogP contribution >= 0.6 is 0 Å². The molecule has 1 fully saturated rings. The van der Waals surface area contributed by atoms with Gasteiger partial charge in [-0.25, -0.2) is 0 Å². The molecule has 1 heterocycles. The van der Waals surface area contributed by atoms with Crippen molar-refractivity contribution in [1.29, 1.82) is 0 Å². The van der Waals surface area contributed by atoms with Gasteiger partial charge in [-0.1, -0.05) is 18.2 Å². The summed E-state index contributed by atoms with van der Waals surface area (Å²) >= 11 is 0. The molecule has 1 aliphatic heterocycles. The highest BCUT2D eigenvalue weighted by molar-refractivity contribution is 6.00. The fourth-order valence-corrected chi connectivity index (χ4v) is 2.53. The van der Waals surface area contributed by atoms with E-state index < -0.39 is 5.60 Å². The first-order valence-corrected chi connectivity index (χ1v) is 5.21. The summed E-state index contributed by atoms with van der Waals surface area (Å²) in [7, 11) is 0. The molecule has 0 unspecified atom stereocenters. The Morgan fingerprint density at radius 1 is 1.21 bits per heavy atom. The van der Waals surface area contributed by atoms with E-state index in [4.69, 9.17) is 0 Å². The summed E-state index contributed by atoms with van der Waals surface area (Å²) in [4.78, 5) is 4.51. The van der Waals surface area contributed by atoms with Crippen molar-refractivity contribution in [3.8, 4) is 0 Å². The van der Waals surface area contributed by atoms with E-state index in [1.807, 2.05) is 24.3 Å². The monoisotopic (exact) mass is 187 g/mol. The van der Waals surface area contributed by atoms with Crippen molar-refractivity contribution in [1.82, 2.24) is 0 Å². The van der Waals surface area contributed by atoms with Crippen LogP contribution in [0.25, 0.3) is 0 Å². The molecule has 1 N–H and O–H groups in total. The van der Waals surface area contributed by atoms with Gasteiger partial charge in [0.25, 0.3) is 0 Å². The van der Waals surface area contributed by atoms with E-state index in [1.165, 1.54) is 0 Å². The van der Waals surface area contributed by atoms with Gasteiger partial charge in [-0.3, -0.25) is 4.99 Å². The maximum Gasteiger partial charge on any atom is 0.130 e. The van der Waals surface area contributed by atoms with Gasteiger partial charge in [0.2, 0.25) is 0 Å². The second-order valence-corrected chi connectivity index (χ2v) is 4.14. The Kier molecular flexibility index (Phi) is 1.56. The molecular formula is C12H13NO. The number of nitrogens with zero attached hydrogens (tertiary/aromatic N) is 1. The van der Waals surface area contributed by atoms with Crippen molar-refractivity contribution < 1.29 is 5.11 Å². The van der Waals surface area contributed by atoms with Crippen LogP contribution in [0.15, 0.2) is 29.3 Å². The fraction of sp³-hybridized carbons (Fsp3) is 0.417. The van der Waals surface area contributed by atoms with Gasteiger partial charge in [-0.15, -0.1) is 0 Å². The molecule has 0 amide bonds. The van der Waals surface area contributed by atoms with Gasteiger partial charge >= 0.3 is 0 Å². The standard InChI is InChI=1S/C12H13NO/c14-12-8-4-3-7-11(12)13-10-6-2-1-5-9(10)12/h1-2,5-6,14H,3-4,7-8H2/t12-/m0/s1. The molecule has 2 nitrogen and oxygen atoms in total. The van der Waals surface area contributed by atoms with E-state index >= 15 is 0 Å². The molecule has 14 heavy (non-hydrogen) atoms. The third-order valence-corrected chi connectivity index (χ3v) is 3.28. The Balaban J connectivity index is 2.18. The molecule has 72 valence electrons. The third-order valence-electron chi connectivity index (χ3n) is 3.28. The predicted octanol–water partition coefficient (Wildman–Crippen LogP) is 2.53. The van der Waals surface area contributed by atoms with Gasteiger partial charge < -0.3 is 5.11 Å². The van der Waals surface area contributed by atoms with Crippen LogP contribution in [0.5, 0.6) is 0 Å². The normalized spacial score (nSPS) is 29.4. The van der Waals surface area contributed by atoms with Gasteiger partial charge in [0.1, 0.15) is 5.60 Å². The zero-order valence-electron chi connectivity index (χ0n) is 8.03. The number of aliphatic imine (C=N–C) groups is 1. The van der Waals surface area contributed by atoms with Gasteiger partial charge in [-0.2, -0.15) is 0 Å². The number of hydrogen-bond acceptors (Lipinski definition) is 2. The van der Waals surface area contributed by atoms with Crippen molar-refractivity contribution in [2.45, 2.75) is 31.3 Å². The van der Waals surface area contributed by atoms with Gasteiger partial charge in [0.05, 0.1) is 11.4 Å². The van der Waals surface area contributed by atoms with E-state index in [9.17, 15) is 5.11 Å². The van der Waals surface area contributed by atoms with E-state index in [0.717, 1.165) is 42.6 Å². The lowest BCUT2D eigenvalue weighted by atomic mass is 9.79. The molecular weight excluding hydrogens is 174 g/mol. The van der Waals surface area contributed by atoms with E-state index in [-0.39, 0.29) is 0 Å². The summed E-state index contributed by atoms with van der Waals surface area (Å²) in [5.41, 5.74) is 2.22. The minimum absolute atomic E-state index is 0.727. The molecule has 1 aromatic carbocycles. The van der Waals surface area contributed by atoms with Crippen molar-refractivity contribution in [3.05, 3.63) is 29.8 Å². The first-order valence-electron chi connectivity index (χ1n) is 5.21. The van der Waals surface area contributed by atoms with Crippen LogP contribution in [0.4, 0.5) is 5.69 Å². The van der Waals surface area contributed by atoms with Crippen molar-refractivity contribution in [2.75, 3.05) is 0 Å². The molecule has 2 heteroatoms. The predicted molar refractivity (Wildman–Crippen MR) is 55.9 cm³/mol. The number of para-hydroxylation sites is 1. The average molecular weight is 187 g/mol. The zero-order chi connectivity index (χ0) is 9.60. The van der Waals surface area contributed by atoms with Crippen LogP contribution in [0.1, 0.15) is 31.2 Å². The highest BCUT2D eigenvalue weighted by Gasteiger charge is 2.42. The molecule has 0 bridgehead atoms. The summed E-state index contributed by atoms with van der Waals surface area (Å²) in [6.45, 7) is 0. The van der Waals surface area contributed by atoms with E-state index in [2.05, 4.69) is 4.99 Å². The molecule has 0 spiro atoms. The molecule has 1 aromatic rings. The second-order valence-electron chi connectivity index (χ2n) is 4.14. The molecule has 0 saturated heterocycles. The minimum atomic E-state index is -0.727. The lowest BCUT2D eigenvalue weighted by Crippen LogP contribution is -2.35. The van der Waals surface area contributed by atoms with Crippen molar-refractivity contribution >= 4 is 11.4 Å². The molecule has 1 saturated carbocycles. The van der Waals surface area contributed by atoms with Crippen LogP contribution < -0.4 is 0 Å². The van der Waals surface area contributed by atoms with Crippen molar-refractivity contribution in [2.24, 2.45) is 4.99 Å². The van der Waals surface area contributed by atoms with E-state index in [0.29, 0.717) is 0 Å². The second kappa shape index (κ2) is 2.67. The van der Waals surface area contributed by atoms with Gasteiger partial charge in [0.15, 0.2) is 0 Å². The Bertz CT molecular complexity index is 411. The number of hydrogen-bond donors (Lipinski definition) is 1. The summed E-state index contributed by atoms with van der Waals surface area (Å²) in [6.07, 6.45) is 4.05. The van der Waals surface area contributed by atoms with Crippen molar-refractivity contribution in [3.63, 3.8) is 0 Å². The molecule has 2 aliphatic rings. The highest BCUT2D eigenvalue weighted by atomic mass is 16.3. The molecule has 0 radical (unpaired) electrons. The van der Waals surface area contributed by atoms with Crippen LogP contribution in [0, 0.1) is 0 Å². The Morgan fingerprint density at radius 3 is 3.00 bits per heavy atom. The third kappa shape index (κ3) is 0.919. The van der Waals surface area contributed by atoms with Crippen LogP contribution in [0.3, 0.4) is 0 Å². The number of fused-ring (bicyclic) bond motifs is 3. The van der Waals surface area contributed by atoms with E-state index in [1.54, 1.807) is 0 Å². The van der Waals surface area contributed by atoms with Crippen LogP contribution in [-0.2, 0) is 5.60 Å². The zero-order valence-corrected chi connectivity index (χ0v) is 8.03. The summed E-state index contributed by atoms with van der Waals surface area (Å²) < 4.78 is 0. The quantitative estimate of drug-likeness (QED) is 0.665. The Hall–Kier alpha value is -1.15. The average Bonchev–Trinajstić information content (AvgIpc) is 2.51. The highest BCUT2D eigenvalue weighted by Crippen LogP contribution is 2.45. The molecule has 1 atom stereocenters. The van der Waals surface area contributed by atoms with Crippen LogP contribution in [-0.4, -0.2) is 10.8 Å². The largest absolute Gasteiger partial charge is 0.379 e.